The van der Waals surface area contributed by atoms with Gasteiger partial charge >= 0.3 is 5.63 Å². The maximum atomic E-state index is 12.7. The van der Waals surface area contributed by atoms with Crippen LogP contribution in [0.4, 0.5) is 0 Å². The van der Waals surface area contributed by atoms with Crippen LogP contribution in [0.2, 0.25) is 5.02 Å². The molecule has 5 heteroatoms. The largest absolute Gasteiger partial charge is 0.422 e. The molecule has 0 radical (unpaired) electrons. The van der Waals surface area contributed by atoms with Gasteiger partial charge in [0.25, 0.3) is 0 Å². The monoisotopic (exact) mass is 377 g/mol. The van der Waals surface area contributed by atoms with Gasteiger partial charge < -0.3 is 8.98 Å². The number of rotatable bonds is 3. The number of carbonyl (C=O) groups excluding carboxylic acids is 1. The summed E-state index contributed by atoms with van der Waals surface area (Å²) in [4.78, 5) is 24.8. The molecule has 0 saturated heterocycles. The van der Waals surface area contributed by atoms with Gasteiger partial charge in [-0.1, -0.05) is 29.8 Å². The third-order valence-electron chi connectivity index (χ3n) is 4.63. The second kappa shape index (κ2) is 6.56. The van der Waals surface area contributed by atoms with Gasteiger partial charge in [-0.15, -0.1) is 0 Å². The van der Waals surface area contributed by atoms with Crippen LogP contribution in [0, 0.1) is 6.92 Å². The zero-order valence-corrected chi connectivity index (χ0v) is 15.6. The first kappa shape index (κ1) is 17.3. The molecule has 0 fully saturated rings. The van der Waals surface area contributed by atoms with Crippen molar-refractivity contribution in [3.05, 3.63) is 87.4 Å². The smallest absolute Gasteiger partial charge is 0.345 e. The summed E-state index contributed by atoms with van der Waals surface area (Å²) in [5.74, 6) is -0.0633. The first-order valence-electron chi connectivity index (χ1n) is 8.48. The van der Waals surface area contributed by atoms with Crippen LogP contribution >= 0.6 is 11.6 Å². The molecule has 0 N–H and O–H groups in total. The van der Waals surface area contributed by atoms with Crippen molar-refractivity contribution in [3.63, 3.8) is 0 Å². The third-order valence-corrected chi connectivity index (χ3v) is 4.88. The predicted octanol–water partition coefficient (Wildman–Crippen LogP) is 5.42. The van der Waals surface area contributed by atoms with Crippen molar-refractivity contribution in [3.8, 4) is 16.9 Å². The van der Waals surface area contributed by atoms with Crippen LogP contribution in [0.25, 0.3) is 27.9 Å². The van der Waals surface area contributed by atoms with E-state index in [-0.39, 0.29) is 5.78 Å². The molecular formula is C22H16ClNO3. The lowest BCUT2D eigenvalue weighted by atomic mass is 10.1. The summed E-state index contributed by atoms with van der Waals surface area (Å²) < 4.78 is 7.37. The van der Waals surface area contributed by atoms with Crippen molar-refractivity contribution in [2.75, 3.05) is 0 Å². The van der Waals surface area contributed by atoms with Gasteiger partial charge in [-0.2, -0.15) is 0 Å². The van der Waals surface area contributed by atoms with Crippen LogP contribution < -0.4 is 5.63 Å². The standard InChI is InChI=1S/C22H16ClNO3/c1-13-18(14(2)25)12-20(24(13)17-9-7-16(23)8-10-17)19-11-15-5-3-4-6-21(15)27-22(19)26/h3-12H,1-2H3. The van der Waals surface area contributed by atoms with E-state index in [1.54, 1.807) is 30.3 Å². The first-order chi connectivity index (χ1) is 13.0. The van der Waals surface area contributed by atoms with Crippen molar-refractivity contribution < 1.29 is 9.21 Å². The Balaban J connectivity index is 2.04. The van der Waals surface area contributed by atoms with Gasteiger partial charge in [0, 0.05) is 27.4 Å². The summed E-state index contributed by atoms with van der Waals surface area (Å²) in [7, 11) is 0. The van der Waals surface area contributed by atoms with Gasteiger partial charge in [0.1, 0.15) is 5.58 Å². The zero-order valence-electron chi connectivity index (χ0n) is 14.8. The lowest BCUT2D eigenvalue weighted by Gasteiger charge is -2.12. The van der Waals surface area contributed by atoms with E-state index < -0.39 is 5.63 Å². The quantitative estimate of drug-likeness (QED) is 0.354. The van der Waals surface area contributed by atoms with E-state index in [2.05, 4.69) is 0 Å². The summed E-state index contributed by atoms with van der Waals surface area (Å²) in [6, 6.07) is 18.1. The Morgan fingerprint density at radius 1 is 1.04 bits per heavy atom. The highest BCUT2D eigenvalue weighted by Crippen LogP contribution is 2.30. The van der Waals surface area contributed by atoms with Crippen molar-refractivity contribution in [2.45, 2.75) is 13.8 Å². The van der Waals surface area contributed by atoms with Crippen LogP contribution in [0.1, 0.15) is 23.0 Å². The molecule has 4 nitrogen and oxygen atoms in total. The van der Waals surface area contributed by atoms with E-state index >= 15 is 0 Å². The first-order valence-corrected chi connectivity index (χ1v) is 8.86. The highest BCUT2D eigenvalue weighted by Gasteiger charge is 2.20. The van der Waals surface area contributed by atoms with Crippen LogP contribution in [0.3, 0.4) is 0 Å². The van der Waals surface area contributed by atoms with E-state index in [9.17, 15) is 9.59 Å². The lowest BCUT2D eigenvalue weighted by molar-refractivity contribution is 0.101. The van der Waals surface area contributed by atoms with Crippen molar-refractivity contribution >= 4 is 28.4 Å². The third kappa shape index (κ3) is 2.98. The van der Waals surface area contributed by atoms with Crippen LogP contribution in [-0.2, 0) is 0 Å². The number of hydrogen-bond acceptors (Lipinski definition) is 3. The van der Waals surface area contributed by atoms with Gasteiger partial charge in [0.05, 0.1) is 11.3 Å². The molecule has 27 heavy (non-hydrogen) atoms. The number of halogens is 1. The number of Topliss-reactive ketones (excluding diaryl/α,β-unsaturated/α-hetero) is 1. The molecule has 0 unspecified atom stereocenters. The summed E-state index contributed by atoms with van der Waals surface area (Å²) in [6.07, 6.45) is 0. The Morgan fingerprint density at radius 3 is 2.44 bits per heavy atom. The number of benzene rings is 2. The minimum atomic E-state index is -0.448. The highest BCUT2D eigenvalue weighted by atomic mass is 35.5. The van der Waals surface area contributed by atoms with Gasteiger partial charge in [0.2, 0.25) is 0 Å². The van der Waals surface area contributed by atoms with E-state index in [4.69, 9.17) is 16.0 Å². The Kier molecular flexibility index (Phi) is 4.21. The molecule has 2 aromatic carbocycles. The fourth-order valence-corrected chi connectivity index (χ4v) is 3.45. The van der Waals surface area contributed by atoms with E-state index in [1.165, 1.54) is 6.92 Å². The number of nitrogens with zero attached hydrogens (tertiary/aromatic N) is 1. The molecule has 0 aliphatic rings. The van der Waals surface area contributed by atoms with Gasteiger partial charge in [-0.25, -0.2) is 4.79 Å². The number of carbonyl (C=O) groups is 1. The number of hydrogen-bond donors (Lipinski definition) is 0. The van der Waals surface area contributed by atoms with E-state index in [0.29, 0.717) is 27.4 Å². The molecule has 2 heterocycles. The molecular weight excluding hydrogens is 362 g/mol. The van der Waals surface area contributed by atoms with E-state index in [0.717, 1.165) is 16.8 Å². The molecule has 2 aromatic heterocycles. The fraction of sp³-hybridized carbons (Fsp3) is 0.0909. The highest BCUT2D eigenvalue weighted by molar-refractivity contribution is 6.30. The number of ketones is 1. The summed E-state index contributed by atoms with van der Waals surface area (Å²) in [5, 5.41) is 1.43. The van der Waals surface area contributed by atoms with Crippen molar-refractivity contribution in [2.24, 2.45) is 0 Å². The minimum absolute atomic E-state index is 0.0633. The lowest BCUT2D eigenvalue weighted by Crippen LogP contribution is -2.07. The topological polar surface area (TPSA) is 52.2 Å². The molecule has 0 aliphatic carbocycles. The maximum absolute atomic E-state index is 12.7. The zero-order chi connectivity index (χ0) is 19.1. The average molecular weight is 378 g/mol. The van der Waals surface area contributed by atoms with Gasteiger partial charge in [-0.05, 0) is 56.3 Å². The SMILES string of the molecule is CC(=O)c1cc(-c2cc3ccccc3oc2=O)n(-c2ccc(Cl)cc2)c1C. The predicted molar refractivity (Wildman–Crippen MR) is 107 cm³/mol. The molecule has 0 aliphatic heterocycles. The molecule has 0 amide bonds. The van der Waals surface area contributed by atoms with Crippen molar-refractivity contribution in [1.82, 2.24) is 4.57 Å². The second-order valence-corrected chi connectivity index (χ2v) is 6.82. The summed E-state index contributed by atoms with van der Waals surface area (Å²) >= 11 is 6.01. The average Bonchev–Trinajstić information content (AvgIpc) is 2.99. The minimum Gasteiger partial charge on any atom is -0.422 e. The van der Waals surface area contributed by atoms with Gasteiger partial charge in [-0.3, -0.25) is 4.79 Å². The number of fused-ring (bicyclic) bond motifs is 1. The Hall–Kier alpha value is -3.11. The molecule has 134 valence electrons. The molecule has 0 spiro atoms. The second-order valence-electron chi connectivity index (χ2n) is 6.38. The molecule has 0 saturated carbocycles. The number of para-hydroxylation sites is 1. The van der Waals surface area contributed by atoms with Crippen LogP contribution in [-0.4, -0.2) is 10.4 Å². The fourth-order valence-electron chi connectivity index (χ4n) is 3.32. The van der Waals surface area contributed by atoms with Crippen LogP contribution in [0.15, 0.2) is 69.9 Å². The normalized spacial score (nSPS) is 11.1. The maximum Gasteiger partial charge on any atom is 0.345 e. The summed E-state index contributed by atoms with van der Waals surface area (Å²) in [5.41, 5.74) is 3.22. The van der Waals surface area contributed by atoms with Gasteiger partial charge in [0.15, 0.2) is 5.78 Å². The Labute approximate surface area is 160 Å². The van der Waals surface area contributed by atoms with Crippen LogP contribution in [0.5, 0.6) is 0 Å². The van der Waals surface area contributed by atoms with E-state index in [1.807, 2.05) is 41.8 Å². The summed E-state index contributed by atoms with van der Waals surface area (Å²) in [6.45, 7) is 3.37. The molecule has 0 atom stereocenters. The molecule has 0 bridgehead atoms. The number of aromatic nitrogens is 1. The van der Waals surface area contributed by atoms with Crippen molar-refractivity contribution in [1.29, 1.82) is 0 Å². The Bertz CT molecular complexity index is 1230. The molecule has 4 aromatic rings. The molecule has 4 rings (SSSR count). The Morgan fingerprint density at radius 2 is 1.74 bits per heavy atom.